The van der Waals surface area contributed by atoms with E-state index in [-0.39, 0.29) is 11.9 Å². The van der Waals surface area contributed by atoms with Crippen molar-refractivity contribution in [1.29, 1.82) is 5.26 Å². The van der Waals surface area contributed by atoms with Gasteiger partial charge in [0.15, 0.2) is 0 Å². The SMILES string of the molecule is N#CC(c1cccc(Cl)c1)N1CCN(C(=O)c2ccccc2)CC1. The van der Waals surface area contributed by atoms with E-state index in [1.807, 2.05) is 53.4 Å². The second-order valence-electron chi connectivity index (χ2n) is 5.78. The van der Waals surface area contributed by atoms with Gasteiger partial charge in [-0.2, -0.15) is 5.26 Å². The van der Waals surface area contributed by atoms with Crippen molar-refractivity contribution in [2.24, 2.45) is 0 Å². The molecule has 0 bridgehead atoms. The van der Waals surface area contributed by atoms with Crippen LogP contribution in [0.5, 0.6) is 0 Å². The van der Waals surface area contributed by atoms with E-state index in [0.29, 0.717) is 36.8 Å². The number of carbonyl (C=O) groups excluding carboxylic acids is 1. The molecule has 2 aromatic carbocycles. The van der Waals surface area contributed by atoms with E-state index >= 15 is 0 Å². The molecule has 2 aromatic rings. The van der Waals surface area contributed by atoms with Crippen molar-refractivity contribution in [3.8, 4) is 6.07 Å². The Morgan fingerprint density at radius 2 is 1.75 bits per heavy atom. The van der Waals surface area contributed by atoms with Crippen LogP contribution in [0, 0.1) is 11.3 Å². The Morgan fingerprint density at radius 1 is 1.04 bits per heavy atom. The van der Waals surface area contributed by atoms with Crippen LogP contribution in [0.2, 0.25) is 5.02 Å². The molecule has 0 N–H and O–H groups in total. The second kappa shape index (κ2) is 7.48. The van der Waals surface area contributed by atoms with Crippen LogP contribution in [0.15, 0.2) is 54.6 Å². The molecule has 1 saturated heterocycles. The number of rotatable bonds is 3. The largest absolute Gasteiger partial charge is 0.336 e. The summed E-state index contributed by atoms with van der Waals surface area (Å²) in [6.45, 7) is 2.57. The summed E-state index contributed by atoms with van der Waals surface area (Å²) < 4.78 is 0. The number of benzene rings is 2. The maximum absolute atomic E-state index is 12.5. The fourth-order valence-electron chi connectivity index (χ4n) is 2.99. The third-order valence-electron chi connectivity index (χ3n) is 4.27. The van der Waals surface area contributed by atoms with Gasteiger partial charge in [-0.15, -0.1) is 0 Å². The smallest absolute Gasteiger partial charge is 0.253 e. The van der Waals surface area contributed by atoms with Crippen LogP contribution in [0.25, 0.3) is 0 Å². The van der Waals surface area contributed by atoms with Crippen molar-refractivity contribution in [1.82, 2.24) is 9.80 Å². The molecule has 1 fully saturated rings. The minimum Gasteiger partial charge on any atom is -0.336 e. The maximum Gasteiger partial charge on any atom is 0.253 e. The van der Waals surface area contributed by atoms with E-state index in [4.69, 9.17) is 11.6 Å². The average molecular weight is 340 g/mol. The number of halogens is 1. The zero-order chi connectivity index (χ0) is 16.9. The van der Waals surface area contributed by atoms with Gasteiger partial charge in [0.25, 0.3) is 5.91 Å². The molecule has 24 heavy (non-hydrogen) atoms. The Hall–Kier alpha value is -2.35. The summed E-state index contributed by atoms with van der Waals surface area (Å²) in [4.78, 5) is 16.4. The molecule has 0 radical (unpaired) electrons. The van der Waals surface area contributed by atoms with Gasteiger partial charge in [-0.05, 0) is 29.8 Å². The highest BCUT2D eigenvalue weighted by Gasteiger charge is 2.27. The summed E-state index contributed by atoms with van der Waals surface area (Å²) in [5.41, 5.74) is 1.60. The molecular weight excluding hydrogens is 322 g/mol. The molecule has 3 rings (SSSR count). The third kappa shape index (κ3) is 3.59. The molecular formula is C19H18ClN3O. The number of carbonyl (C=O) groups is 1. The molecule has 1 unspecified atom stereocenters. The topological polar surface area (TPSA) is 47.3 Å². The van der Waals surface area contributed by atoms with Crippen LogP contribution in [0.4, 0.5) is 0 Å². The quantitative estimate of drug-likeness (QED) is 0.861. The molecule has 0 aromatic heterocycles. The number of nitriles is 1. The van der Waals surface area contributed by atoms with E-state index in [1.165, 1.54) is 0 Å². The molecule has 1 heterocycles. The zero-order valence-electron chi connectivity index (χ0n) is 13.2. The predicted octanol–water partition coefficient (Wildman–Crippen LogP) is 3.36. The van der Waals surface area contributed by atoms with Crippen LogP contribution in [0.3, 0.4) is 0 Å². The van der Waals surface area contributed by atoms with Gasteiger partial charge in [-0.1, -0.05) is 41.9 Å². The molecule has 0 spiro atoms. The molecule has 4 nitrogen and oxygen atoms in total. The van der Waals surface area contributed by atoms with Crippen molar-refractivity contribution < 1.29 is 4.79 Å². The van der Waals surface area contributed by atoms with Gasteiger partial charge in [0, 0.05) is 36.8 Å². The van der Waals surface area contributed by atoms with Crippen molar-refractivity contribution in [3.05, 3.63) is 70.7 Å². The number of hydrogen-bond donors (Lipinski definition) is 0. The lowest BCUT2D eigenvalue weighted by Crippen LogP contribution is -2.49. The van der Waals surface area contributed by atoms with E-state index in [9.17, 15) is 10.1 Å². The van der Waals surface area contributed by atoms with Crippen molar-refractivity contribution in [2.75, 3.05) is 26.2 Å². The van der Waals surface area contributed by atoms with Gasteiger partial charge < -0.3 is 4.90 Å². The van der Waals surface area contributed by atoms with E-state index < -0.39 is 0 Å². The average Bonchev–Trinajstić information content (AvgIpc) is 2.63. The van der Waals surface area contributed by atoms with Crippen molar-refractivity contribution in [3.63, 3.8) is 0 Å². The highest BCUT2D eigenvalue weighted by molar-refractivity contribution is 6.30. The Kier molecular flexibility index (Phi) is 5.14. The van der Waals surface area contributed by atoms with E-state index in [0.717, 1.165) is 5.56 Å². The first-order valence-electron chi connectivity index (χ1n) is 7.92. The zero-order valence-corrected chi connectivity index (χ0v) is 14.0. The normalized spacial score (nSPS) is 16.4. The fraction of sp³-hybridized carbons (Fsp3) is 0.263. The third-order valence-corrected chi connectivity index (χ3v) is 4.51. The van der Waals surface area contributed by atoms with Crippen molar-refractivity contribution in [2.45, 2.75) is 6.04 Å². The Balaban J connectivity index is 1.66. The van der Waals surface area contributed by atoms with Gasteiger partial charge in [-0.3, -0.25) is 9.69 Å². The van der Waals surface area contributed by atoms with Crippen LogP contribution >= 0.6 is 11.6 Å². The number of amides is 1. The standard InChI is InChI=1S/C19H18ClN3O/c20-17-8-4-7-16(13-17)18(14-21)22-9-11-23(12-10-22)19(24)15-5-2-1-3-6-15/h1-8,13,18H,9-12H2. The minimum atomic E-state index is -0.335. The highest BCUT2D eigenvalue weighted by atomic mass is 35.5. The Labute approximate surface area is 146 Å². The maximum atomic E-state index is 12.5. The number of piperazine rings is 1. The molecule has 0 saturated carbocycles. The van der Waals surface area contributed by atoms with Crippen LogP contribution in [0.1, 0.15) is 22.0 Å². The number of nitrogens with zero attached hydrogens (tertiary/aromatic N) is 3. The first-order valence-corrected chi connectivity index (χ1v) is 8.30. The lowest BCUT2D eigenvalue weighted by atomic mass is 10.1. The Morgan fingerprint density at radius 3 is 2.38 bits per heavy atom. The molecule has 1 amide bonds. The molecule has 5 heteroatoms. The molecule has 0 aliphatic carbocycles. The summed E-state index contributed by atoms with van der Waals surface area (Å²) >= 11 is 6.04. The predicted molar refractivity (Wildman–Crippen MR) is 93.7 cm³/mol. The van der Waals surface area contributed by atoms with Gasteiger partial charge in [0.1, 0.15) is 6.04 Å². The van der Waals surface area contributed by atoms with Gasteiger partial charge in [0.2, 0.25) is 0 Å². The summed E-state index contributed by atoms with van der Waals surface area (Å²) in [6.07, 6.45) is 0. The summed E-state index contributed by atoms with van der Waals surface area (Å²) in [5.74, 6) is 0.0477. The van der Waals surface area contributed by atoms with Crippen LogP contribution in [-0.2, 0) is 0 Å². The second-order valence-corrected chi connectivity index (χ2v) is 6.22. The molecule has 1 aliphatic rings. The molecule has 1 aliphatic heterocycles. The summed E-state index contributed by atoms with van der Waals surface area (Å²) in [6, 6.07) is 18.7. The number of hydrogen-bond acceptors (Lipinski definition) is 3. The summed E-state index contributed by atoms with van der Waals surface area (Å²) in [7, 11) is 0. The van der Waals surface area contributed by atoms with E-state index in [2.05, 4.69) is 11.0 Å². The van der Waals surface area contributed by atoms with Gasteiger partial charge in [0.05, 0.1) is 6.07 Å². The van der Waals surface area contributed by atoms with Crippen LogP contribution in [-0.4, -0.2) is 41.9 Å². The Bertz CT molecular complexity index is 749. The first kappa shape index (κ1) is 16.5. The molecule has 122 valence electrons. The summed E-state index contributed by atoms with van der Waals surface area (Å²) in [5, 5.41) is 10.2. The fourth-order valence-corrected chi connectivity index (χ4v) is 3.19. The lowest BCUT2D eigenvalue weighted by molar-refractivity contribution is 0.0606. The van der Waals surface area contributed by atoms with Gasteiger partial charge >= 0.3 is 0 Å². The monoisotopic (exact) mass is 339 g/mol. The van der Waals surface area contributed by atoms with Gasteiger partial charge in [-0.25, -0.2) is 0 Å². The van der Waals surface area contributed by atoms with Crippen LogP contribution < -0.4 is 0 Å². The van der Waals surface area contributed by atoms with E-state index in [1.54, 1.807) is 6.07 Å². The van der Waals surface area contributed by atoms with Crippen molar-refractivity contribution >= 4 is 17.5 Å². The highest BCUT2D eigenvalue weighted by Crippen LogP contribution is 2.24. The first-order chi connectivity index (χ1) is 11.7. The molecule has 1 atom stereocenters. The minimum absolute atomic E-state index is 0.0477. The lowest BCUT2D eigenvalue weighted by Gasteiger charge is -2.37.